The molecule has 0 spiro atoms. The summed E-state index contributed by atoms with van der Waals surface area (Å²) in [5, 5.41) is 13.1. The maximum absolute atomic E-state index is 11.8. The van der Waals surface area contributed by atoms with Gasteiger partial charge in [0, 0.05) is 38.1 Å². The van der Waals surface area contributed by atoms with E-state index in [4.69, 9.17) is 26.1 Å². The molecule has 0 bridgehead atoms. The van der Waals surface area contributed by atoms with Crippen LogP contribution in [-0.2, 0) is 13.6 Å². The molecule has 1 unspecified atom stereocenters. The molecule has 5 aromatic heterocycles. The Bertz CT molecular complexity index is 1760. The lowest BCUT2D eigenvalue weighted by Crippen LogP contribution is -2.28. The molecule has 212 valence electrons. The third-order valence-corrected chi connectivity index (χ3v) is 8.62. The minimum atomic E-state index is -0.644. The van der Waals surface area contributed by atoms with E-state index in [1.165, 1.54) is 25.7 Å². The smallest absolute Gasteiger partial charge is 0.333 e. The van der Waals surface area contributed by atoms with Crippen molar-refractivity contribution in [1.82, 2.24) is 44.7 Å². The van der Waals surface area contributed by atoms with Gasteiger partial charge in [-0.3, -0.25) is 19.2 Å². The van der Waals surface area contributed by atoms with Gasteiger partial charge in [-0.2, -0.15) is 0 Å². The largest absolute Gasteiger partial charge is 0.439 e. The average molecular weight is 575 g/mol. The number of aromatic nitrogens is 9. The van der Waals surface area contributed by atoms with Crippen LogP contribution in [0.3, 0.4) is 0 Å². The highest BCUT2D eigenvalue weighted by atomic mass is 35.5. The Hall–Kier alpha value is -4.06. The fourth-order valence-electron chi connectivity index (χ4n) is 6.34. The van der Waals surface area contributed by atoms with Gasteiger partial charge in [0.05, 0.1) is 34.0 Å². The van der Waals surface area contributed by atoms with Crippen molar-refractivity contribution in [3.63, 3.8) is 0 Å². The van der Waals surface area contributed by atoms with E-state index in [0.717, 1.165) is 60.1 Å². The topological polar surface area (TPSA) is 136 Å². The van der Waals surface area contributed by atoms with Crippen LogP contribution in [0.15, 0.2) is 40.0 Å². The first-order valence-electron chi connectivity index (χ1n) is 14.1. The minimum Gasteiger partial charge on any atom is -0.333 e. The normalized spacial score (nSPS) is 21.2. The number of anilines is 1. The van der Waals surface area contributed by atoms with Crippen LogP contribution >= 0.6 is 11.6 Å². The highest BCUT2D eigenvalue weighted by molar-refractivity contribution is 6.30. The summed E-state index contributed by atoms with van der Waals surface area (Å²) in [5.74, 6) is 1.76. The van der Waals surface area contributed by atoms with Gasteiger partial charge < -0.3 is 9.47 Å². The highest BCUT2D eigenvalue weighted by Crippen LogP contribution is 2.41. The Balaban J connectivity index is 1.44. The molecule has 1 saturated heterocycles. The maximum Gasteiger partial charge on any atom is 0.439 e. The molecule has 12 nitrogen and oxygen atoms in total. The molecule has 0 amide bonds. The van der Waals surface area contributed by atoms with Gasteiger partial charge in [-0.15, -0.1) is 5.10 Å². The second kappa shape index (κ2) is 10.4. The van der Waals surface area contributed by atoms with Crippen molar-refractivity contribution in [3.05, 3.63) is 52.0 Å². The first-order chi connectivity index (χ1) is 19.9. The maximum atomic E-state index is 11.8. The van der Waals surface area contributed by atoms with Gasteiger partial charge in [-0.25, -0.2) is 14.8 Å². The quantitative estimate of drug-likeness (QED) is 0.303. The molecule has 2 fully saturated rings. The van der Waals surface area contributed by atoms with Crippen molar-refractivity contribution in [3.8, 4) is 22.8 Å². The summed E-state index contributed by atoms with van der Waals surface area (Å²) < 4.78 is 8.88. The van der Waals surface area contributed by atoms with E-state index in [1.807, 2.05) is 25.4 Å². The number of imidazole rings is 1. The van der Waals surface area contributed by atoms with Crippen molar-refractivity contribution in [2.75, 3.05) is 11.4 Å². The summed E-state index contributed by atoms with van der Waals surface area (Å²) in [6.45, 7) is 4.02. The summed E-state index contributed by atoms with van der Waals surface area (Å²) in [7, 11) is 1.89. The molecule has 1 aliphatic heterocycles. The van der Waals surface area contributed by atoms with Gasteiger partial charge in [0.25, 0.3) is 0 Å². The van der Waals surface area contributed by atoms with Gasteiger partial charge in [0.2, 0.25) is 11.8 Å². The fourth-order valence-corrected chi connectivity index (χ4v) is 6.52. The Morgan fingerprint density at radius 1 is 1.12 bits per heavy atom. The molecule has 1 N–H and O–H groups in total. The van der Waals surface area contributed by atoms with Gasteiger partial charge in [-0.05, 0) is 49.7 Å². The van der Waals surface area contributed by atoms with Crippen LogP contribution in [0.4, 0.5) is 5.95 Å². The van der Waals surface area contributed by atoms with E-state index >= 15 is 0 Å². The van der Waals surface area contributed by atoms with Crippen LogP contribution in [0, 0.1) is 11.8 Å². The van der Waals surface area contributed by atoms with E-state index in [1.54, 1.807) is 17.1 Å². The van der Waals surface area contributed by atoms with Crippen LogP contribution in [0.2, 0.25) is 5.02 Å². The highest BCUT2D eigenvalue weighted by Gasteiger charge is 2.34. The van der Waals surface area contributed by atoms with E-state index in [2.05, 4.69) is 41.8 Å². The summed E-state index contributed by atoms with van der Waals surface area (Å²) in [4.78, 5) is 31.4. The third kappa shape index (κ3) is 4.90. The zero-order valence-corrected chi connectivity index (χ0v) is 23.8. The SMILES string of the molecule is CC1CCC(Cn2c(N3CCCC3c3cn(C)nn3)nc3cc(-c4noc(=O)[nH]4)nc(-c4cncc(Cl)c4)c32)CC1. The Morgan fingerprint density at radius 2 is 1.98 bits per heavy atom. The summed E-state index contributed by atoms with van der Waals surface area (Å²) in [6, 6.07) is 3.78. The van der Waals surface area contributed by atoms with Crippen molar-refractivity contribution in [2.24, 2.45) is 18.9 Å². The van der Waals surface area contributed by atoms with Crippen molar-refractivity contribution >= 4 is 28.6 Å². The van der Waals surface area contributed by atoms with Crippen molar-refractivity contribution < 1.29 is 4.52 Å². The van der Waals surface area contributed by atoms with Gasteiger partial charge in [-0.1, -0.05) is 41.7 Å². The van der Waals surface area contributed by atoms with Gasteiger partial charge in [0.15, 0.2) is 0 Å². The molecule has 0 radical (unpaired) electrons. The summed E-state index contributed by atoms with van der Waals surface area (Å²) in [5.41, 5.74) is 4.47. The molecule has 41 heavy (non-hydrogen) atoms. The average Bonchev–Trinajstić information content (AvgIpc) is 3.76. The minimum absolute atomic E-state index is 0.0706. The van der Waals surface area contributed by atoms with E-state index < -0.39 is 5.76 Å². The molecule has 1 atom stereocenters. The zero-order chi connectivity index (χ0) is 28.1. The Kier molecular flexibility index (Phi) is 6.57. The van der Waals surface area contributed by atoms with Crippen LogP contribution in [0.1, 0.15) is 57.2 Å². The molecule has 13 heteroatoms. The first-order valence-corrected chi connectivity index (χ1v) is 14.5. The van der Waals surface area contributed by atoms with E-state index in [-0.39, 0.29) is 11.9 Å². The lowest BCUT2D eigenvalue weighted by atomic mass is 9.83. The third-order valence-electron chi connectivity index (χ3n) is 8.41. The van der Waals surface area contributed by atoms with Crippen molar-refractivity contribution in [1.29, 1.82) is 0 Å². The molecule has 6 heterocycles. The van der Waals surface area contributed by atoms with Gasteiger partial charge >= 0.3 is 5.76 Å². The number of hydrogen-bond donors (Lipinski definition) is 1. The molecule has 7 rings (SSSR count). The van der Waals surface area contributed by atoms with Crippen LogP contribution in [0.5, 0.6) is 0 Å². The molecule has 1 saturated carbocycles. The predicted molar refractivity (Wildman–Crippen MR) is 153 cm³/mol. The number of hydrogen-bond acceptors (Lipinski definition) is 9. The van der Waals surface area contributed by atoms with E-state index in [9.17, 15) is 4.79 Å². The number of rotatable bonds is 6. The summed E-state index contributed by atoms with van der Waals surface area (Å²) >= 11 is 6.40. The second-order valence-electron chi connectivity index (χ2n) is 11.4. The molecule has 1 aliphatic carbocycles. The number of nitrogens with zero attached hydrogens (tertiary/aromatic N) is 9. The summed E-state index contributed by atoms with van der Waals surface area (Å²) in [6.07, 6.45) is 12.1. The Labute approximate surface area is 240 Å². The molecular formula is C28H31ClN10O2. The molecular weight excluding hydrogens is 544 g/mol. The molecule has 5 aromatic rings. The number of H-pyrrole nitrogens is 1. The second-order valence-corrected chi connectivity index (χ2v) is 11.8. The van der Waals surface area contributed by atoms with Crippen LogP contribution in [-0.4, -0.2) is 51.2 Å². The lowest BCUT2D eigenvalue weighted by molar-refractivity contribution is 0.266. The first kappa shape index (κ1) is 25.9. The number of aryl methyl sites for hydroxylation is 1. The van der Waals surface area contributed by atoms with Gasteiger partial charge in [0.1, 0.15) is 11.4 Å². The predicted octanol–water partition coefficient (Wildman–Crippen LogP) is 4.79. The Morgan fingerprint density at radius 3 is 2.71 bits per heavy atom. The number of aromatic amines is 1. The fraction of sp³-hybridized carbons (Fsp3) is 0.464. The lowest BCUT2D eigenvalue weighted by Gasteiger charge is -2.30. The number of pyridine rings is 2. The number of fused-ring (bicyclic) bond motifs is 1. The monoisotopic (exact) mass is 574 g/mol. The van der Waals surface area contributed by atoms with Crippen LogP contribution < -0.4 is 10.7 Å². The standard InChI is InChI=1S/C28H31ClN10O2/c1-16-5-7-17(8-6-16)14-39-25-20(32-27(39)38-9-3-4-23(38)22-15-37(2)36-34-22)11-21(26-33-28(40)41-35-26)31-24(25)18-10-19(29)13-30-12-18/h10-13,15-17,23H,3-9,14H2,1-2H3,(H,33,35,40). The van der Waals surface area contributed by atoms with Crippen molar-refractivity contribution in [2.45, 2.75) is 58.0 Å². The number of halogens is 1. The van der Waals surface area contributed by atoms with Crippen LogP contribution in [0.25, 0.3) is 33.8 Å². The molecule has 2 aliphatic rings. The van der Waals surface area contributed by atoms with E-state index in [0.29, 0.717) is 22.3 Å². The zero-order valence-electron chi connectivity index (χ0n) is 23.0. The molecule has 0 aromatic carbocycles. The number of nitrogens with one attached hydrogen (secondary N) is 1.